The molecule has 1 aliphatic heterocycles. The third kappa shape index (κ3) is 1.84. The topological polar surface area (TPSA) is 24.7 Å². The monoisotopic (exact) mass is 156 g/mol. The molecule has 0 aromatic carbocycles. The van der Waals surface area contributed by atoms with Crippen molar-refractivity contribution in [1.29, 1.82) is 0 Å². The van der Waals surface area contributed by atoms with Gasteiger partial charge in [-0.3, -0.25) is 9.98 Å². The first kappa shape index (κ1) is 7.79. The van der Waals surface area contributed by atoms with E-state index in [1.807, 2.05) is 27.7 Å². The van der Waals surface area contributed by atoms with Crippen LogP contribution in [0.5, 0.6) is 0 Å². The minimum atomic E-state index is -0.223. The van der Waals surface area contributed by atoms with Crippen molar-refractivity contribution in [3.63, 3.8) is 0 Å². The molecule has 0 aliphatic carbocycles. The van der Waals surface area contributed by atoms with Gasteiger partial charge in [0.1, 0.15) is 5.66 Å². The Balaban J connectivity index is 2.88. The van der Waals surface area contributed by atoms with Crippen LogP contribution in [-0.2, 0) is 0 Å². The second-order valence-corrected chi connectivity index (χ2v) is 4.24. The van der Waals surface area contributed by atoms with Crippen LogP contribution in [0.15, 0.2) is 9.98 Å². The fraction of sp³-hybridized carbons (Fsp3) is 0.714. The van der Waals surface area contributed by atoms with Crippen molar-refractivity contribution >= 4 is 21.8 Å². The molecule has 0 amide bonds. The van der Waals surface area contributed by atoms with E-state index in [1.54, 1.807) is 11.8 Å². The van der Waals surface area contributed by atoms with Gasteiger partial charge in [0.05, 0.1) is 10.1 Å². The molecule has 0 radical (unpaired) electrons. The van der Waals surface area contributed by atoms with Crippen LogP contribution in [0.2, 0.25) is 0 Å². The molecule has 0 aromatic heterocycles. The zero-order valence-electron chi connectivity index (χ0n) is 6.80. The van der Waals surface area contributed by atoms with E-state index in [0.717, 1.165) is 10.1 Å². The number of thioether (sulfide) groups is 1. The molecule has 0 atom stereocenters. The zero-order valence-corrected chi connectivity index (χ0v) is 7.62. The Kier molecular flexibility index (Phi) is 1.86. The predicted molar refractivity (Wildman–Crippen MR) is 47.9 cm³/mol. The lowest BCUT2D eigenvalue weighted by molar-refractivity contribution is 0.555. The van der Waals surface area contributed by atoms with Gasteiger partial charge in [0, 0.05) is 0 Å². The Labute approximate surface area is 65.8 Å². The molecule has 0 fully saturated rings. The second kappa shape index (κ2) is 2.38. The van der Waals surface area contributed by atoms with E-state index in [0.29, 0.717) is 0 Å². The highest BCUT2D eigenvalue weighted by atomic mass is 32.2. The minimum Gasteiger partial charge on any atom is -0.254 e. The van der Waals surface area contributed by atoms with Gasteiger partial charge < -0.3 is 0 Å². The van der Waals surface area contributed by atoms with Crippen molar-refractivity contribution in [2.24, 2.45) is 9.98 Å². The van der Waals surface area contributed by atoms with Gasteiger partial charge in [-0.1, -0.05) is 11.8 Å². The van der Waals surface area contributed by atoms with Gasteiger partial charge >= 0.3 is 0 Å². The molecule has 1 heterocycles. The number of nitrogens with zero attached hydrogens (tertiary/aromatic N) is 2. The largest absolute Gasteiger partial charge is 0.254 e. The number of hydrogen-bond acceptors (Lipinski definition) is 3. The maximum absolute atomic E-state index is 4.36. The van der Waals surface area contributed by atoms with Gasteiger partial charge in [-0.2, -0.15) is 0 Å². The standard InChI is InChI=1S/C7H12N2S/c1-5-8-7(3,4)9-6(2)10-5/h1-4H3. The molecule has 2 nitrogen and oxygen atoms in total. The summed E-state index contributed by atoms with van der Waals surface area (Å²) in [6.07, 6.45) is 0. The van der Waals surface area contributed by atoms with Gasteiger partial charge in [-0.25, -0.2) is 0 Å². The summed E-state index contributed by atoms with van der Waals surface area (Å²) in [5.41, 5.74) is -0.223. The van der Waals surface area contributed by atoms with Crippen molar-refractivity contribution < 1.29 is 0 Å². The lowest BCUT2D eigenvalue weighted by Gasteiger charge is -2.20. The minimum absolute atomic E-state index is 0.223. The van der Waals surface area contributed by atoms with Crippen molar-refractivity contribution in [3.8, 4) is 0 Å². The Morgan fingerprint density at radius 1 is 1.10 bits per heavy atom. The van der Waals surface area contributed by atoms with Crippen LogP contribution >= 0.6 is 11.8 Å². The summed E-state index contributed by atoms with van der Waals surface area (Å²) < 4.78 is 0. The van der Waals surface area contributed by atoms with Gasteiger partial charge in [0.25, 0.3) is 0 Å². The Morgan fingerprint density at radius 2 is 1.50 bits per heavy atom. The highest BCUT2D eigenvalue weighted by molar-refractivity contribution is 8.26. The third-order valence-corrected chi connectivity index (χ3v) is 1.93. The molecular formula is C7H12N2S. The van der Waals surface area contributed by atoms with Gasteiger partial charge in [0.2, 0.25) is 0 Å². The Morgan fingerprint density at radius 3 is 1.80 bits per heavy atom. The zero-order chi connectivity index (χ0) is 7.78. The highest BCUT2D eigenvalue weighted by Gasteiger charge is 2.19. The molecule has 1 aliphatic rings. The molecule has 0 saturated heterocycles. The van der Waals surface area contributed by atoms with Crippen molar-refractivity contribution in [2.75, 3.05) is 0 Å². The number of hydrogen-bond donors (Lipinski definition) is 0. The van der Waals surface area contributed by atoms with E-state index in [2.05, 4.69) is 9.98 Å². The fourth-order valence-electron chi connectivity index (χ4n) is 1.06. The second-order valence-electron chi connectivity index (χ2n) is 2.86. The summed E-state index contributed by atoms with van der Waals surface area (Å²) in [6.45, 7) is 8.06. The molecular weight excluding hydrogens is 144 g/mol. The van der Waals surface area contributed by atoms with E-state index >= 15 is 0 Å². The first-order valence-electron chi connectivity index (χ1n) is 3.30. The van der Waals surface area contributed by atoms with Crippen molar-refractivity contribution in [1.82, 2.24) is 0 Å². The Bertz CT molecular complexity index is 184. The molecule has 56 valence electrons. The van der Waals surface area contributed by atoms with Crippen molar-refractivity contribution in [2.45, 2.75) is 33.4 Å². The van der Waals surface area contributed by atoms with Crippen LogP contribution in [0.4, 0.5) is 0 Å². The first-order chi connectivity index (χ1) is 4.49. The van der Waals surface area contributed by atoms with E-state index < -0.39 is 0 Å². The SMILES string of the molecule is CC1=NC(C)(C)N=C(C)S1. The summed E-state index contributed by atoms with van der Waals surface area (Å²) in [7, 11) is 0. The maximum Gasteiger partial charge on any atom is 0.146 e. The summed E-state index contributed by atoms with van der Waals surface area (Å²) in [5.74, 6) is 0. The molecule has 0 spiro atoms. The van der Waals surface area contributed by atoms with Gasteiger partial charge in [-0.05, 0) is 27.7 Å². The molecule has 0 aromatic rings. The average Bonchev–Trinajstić information content (AvgIpc) is 1.54. The maximum atomic E-state index is 4.36. The lowest BCUT2D eigenvalue weighted by atomic mass is 10.3. The smallest absolute Gasteiger partial charge is 0.146 e. The molecule has 10 heavy (non-hydrogen) atoms. The molecule has 0 saturated carbocycles. The summed E-state index contributed by atoms with van der Waals surface area (Å²) in [6, 6.07) is 0. The van der Waals surface area contributed by atoms with E-state index in [1.165, 1.54) is 0 Å². The Hall–Kier alpha value is -0.310. The molecule has 3 heteroatoms. The predicted octanol–water partition coefficient (Wildman–Crippen LogP) is 2.31. The van der Waals surface area contributed by atoms with Crippen LogP contribution in [0.3, 0.4) is 0 Å². The molecule has 0 bridgehead atoms. The van der Waals surface area contributed by atoms with Crippen LogP contribution in [0, 0.1) is 0 Å². The molecule has 1 rings (SSSR count). The van der Waals surface area contributed by atoms with E-state index in [9.17, 15) is 0 Å². The normalized spacial score (nSPS) is 23.6. The van der Waals surface area contributed by atoms with Crippen LogP contribution < -0.4 is 0 Å². The fourth-order valence-corrected chi connectivity index (χ4v) is 2.02. The van der Waals surface area contributed by atoms with Gasteiger partial charge in [0.15, 0.2) is 0 Å². The van der Waals surface area contributed by atoms with Crippen LogP contribution in [0.1, 0.15) is 27.7 Å². The van der Waals surface area contributed by atoms with E-state index in [4.69, 9.17) is 0 Å². The first-order valence-corrected chi connectivity index (χ1v) is 4.12. The number of rotatable bonds is 0. The molecule has 0 unspecified atom stereocenters. The average molecular weight is 156 g/mol. The lowest BCUT2D eigenvalue weighted by Crippen LogP contribution is -2.20. The van der Waals surface area contributed by atoms with Gasteiger partial charge in [-0.15, -0.1) is 0 Å². The van der Waals surface area contributed by atoms with E-state index in [-0.39, 0.29) is 5.66 Å². The summed E-state index contributed by atoms with van der Waals surface area (Å²) >= 11 is 1.64. The number of aliphatic imine (C=N–C) groups is 2. The molecule has 0 N–H and O–H groups in total. The van der Waals surface area contributed by atoms with Crippen LogP contribution in [0.25, 0.3) is 0 Å². The summed E-state index contributed by atoms with van der Waals surface area (Å²) in [5, 5.41) is 2.22. The summed E-state index contributed by atoms with van der Waals surface area (Å²) in [4.78, 5) is 8.71. The highest BCUT2D eigenvalue weighted by Crippen LogP contribution is 2.23. The van der Waals surface area contributed by atoms with Crippen molar-refractivity contribution in [3.05, 3.63) is 0 Å². The quantitative estimate of drug-likeness (QED) is 0.528. The third-order valence-electron chi connectivity index (χ3n) is 1.16. The van der Waals surface area contributed by atoms with Crippen LogP contribution in [-0.4, -0.2) is 15.8 Å².